The fourth-order valence-electron chi connectivity index (χ4n) is 0.144. The van der Waals surface area contributed by atoms with Crippen molar-refractivity contribution < 1.29 is 5.11 Å². The third-order valence-corrected chi connectivity index (χ3v) is 1.64. The number of nitrogens with two attached hydrogens (primary N) is 1. The number of rotatable bonds is 2. The summed E-state index contributed by atoms with van der Waals surface area (Å²) < 4.78 is 0. The van der Waals surface area contributed by atoms with Crippen LogP contribution in [0, 0.1) is 5.41 Å². The zero-order valence-corrected chi connectivity index (χ0v) is 7.03. The van der Waals surface area contributed by atoms with Crippen LogP contribution in [-0.4, -0.2) is 17.8 Å². The van der Waals surface area contributed by atoms with Gasteiger partial charge in [0.2, 0.25) is 0 Å². The summed E-state index contributed by atoms with van der Waals surface area (Å²) in [5.74, 6) is 0. The van der Waals surface area contributed by atoms with Gasteiger partial charge in [-0.25, -0.2) is 0 Å². The van der Waals surface area contributed by atoms with Crippen molar-refractivity contribution in [2.24, 2.45) is 11.1 Å². The van der Waals surface area contributed by atoms with Crippen LogP contribution in [0.3, 0.4) is 0 Å². The van der Waals surface area contributed by atoms with E-state index in [4.69, 9.17) is 10.8 Å². The molecule has 0 aromatic rings. The minimum Gasteiger partial charge on any atom is -0.396 e. The lowest BCUT2D eigenvalue weighted by molar-refractivity contribution is 0.138. The van der Waals surface area contributed by atoms with Gasteiger partial charge in [0.15, 0.2) is 0 Å². The van der Waals surface area contributed by atoms with E-state index in [9.17, 15) is 0 Å². The van der Waals surface area contributed by atoms with Crippen LogP contribution in [0.5, 0.6) is 0 Å². The summed E-state index contributed by atoms with van der Waals surface area (Å²) >= 11 is 0. The zero-order chi connectivity index (χ0) is 6.78. The lowest BCUT2D eigenvalue weighted by Crippen LogP contribution is -2.37. The summed E-state index contributed by atoms with van der Waals surface area (Å²) in [6.45, 7) is 5.94. The molecular formula is C6H16ClNO. The molecule has 0 amide bonds. The van der Waals surface area contributed by atoms with Gasteiger partial charge >= 0.3 is 0 Å². The first kappa shape index (κ1) is 11.9. The van der Waals surface area contributed by atoms with E-state index in [1.54, 1.807) is 0 Å². The van der Waals surface area contributed by atoms with E-state index in [2.05, 4.69) is 0 Å². The standard InChI is InChI=1S/C6H15NO.ClH/c1-5(7)6(2,3)4-8;/h5,8H,4,7H2,1-3H3;1H. The highest BCUT2D eigenvalue weighted by molar-refractivity contribution is 5.85. The first-order valence-electron chi connectivity index (χ1n) is 2.87. The number of halogens is 1. The number of aliphatic hydroxyl groups excluding tert-OH is 1. The molecule has 3 N–H and O–H groups in total. The van der Waals surface area contributed by atoms with Crippen molar-refractivity contribution >= 4 is 12.4 Å². The highest BCUT2D eigenvalue weighted by Gasteiger charge is 2.20. The molecule has 1 atom stereocenters. The molecule has 1 unspecified atom stereocenters. The van der Waals surface area contributed by atoms with Gasteiger partial charge in [-0.3, -0.25) is 0 Å². The van der Waals surface area contributed by atoms with Crippen LogP contribution < -0.4 is 5.73 Å². The van der Waals surface area contributed by atoms with Crippen molar-refractivity contribution in [2.75, 3.05) is 6.61 Å². The van der Waals surface area contributed by atoms with Gasteiger partial charge in [0.25, 0.3) is 0 Å². The smallest absolute Gasteiger partial charge is 0.0496 e. The Bertz CT molecular complexity index is 73.5. The Morgan fingerprint density at radius 1 is 1.56 bits per heavy atom. The average Bonchev–Trinajstić information content (AvgIpc) is 1.67. The van der Waals surface area contributed by atoms with Gasteiger partial charge in [-0.15, -0.1) is 12.4 Å². The van der Waals surface area contributed by atoms with Gasteiger partial charge in [-0.2, -0.15) is 0 Å². The molecule has 3 heteroatoms. The molecule has 0 fully saturated rings. The molecule has 0 bridgehead atoms. The van der Waals surface area contributed by atoms with E-state index in [1.165, 1.54) is 0 Å². The van der Waals surface area contributed by atoms with Crippen LogP contribution >= 0.6 is 12.4 Å². The van der Waals surface area contributed by atoms with Crippen LogP contribution in [0.25, 0.3) is 0 Å². The van der Waals surface area contributed by atoms with E-state index >= 15 is 0 Å². The molecule has 0 aliphatic heterocycles. The molecule has 0 aliphatic carbocycles. The Labute approximate surface area is 62.9 Å². The number of hydrogen-bond donors (Lipinski definition) is 2. The monoisotopic (exact) mass is 153 g/mol. The molecule has 0 saturated carbocycles. The van der Waals surface area contributed by atoms with Gasteiger partial charge in [-0.1, -0.05) is 13.8 Å². The first-order chi connectivity index (χ1) is 3.50. The van der Waals surface area contributed by atoms with E-state index in [0.717, 1.165) is 0 Å². The van der Waals surface area contributed by atoms with Crippen molar-refractivity contribution in [3.05, 3.63) is 0 Å². The van der Waals surface area contributed by atoms with Crippen LogP contribution in [0.1, 0.15) is 20.8 Å². The molecule has 0 heterocycles. The maximum absolute atomic E-state index is 8.68. The van der Waals surface area contributed by atoms with Gasteiger partial charge < -0.3 is 10.8 Å². The van der Waals surface area contributed by atoms with Gasteiger partial charge in [0.1, 0.15) is 0 Å². The summed E-state index contributed by atoms with van der Waals surface area (Å²) in [5.41, 5.74) is 5.40. The molecule has 58 valence electrons. The highest BCUT2D eigenvalue weighted by atomic mass is 35.5. The first-order valence-corrected chi connectivity index (χ1v) is 2.87. The average molecular weight is 154 g/mol. The largest absolute Gasteiger partial charge is 0.396 e. The molecular weight excluding hydrogens is 138 g/mol. The molecule has 2 nitrogen and oxygen atoms in total. The Balaban J connectivity index is 0. The zero-order valence-electron chi connectivity index (χ0n) is 6.22. The Morgan fingerprint density at radius 3 is 1.89 bits per heavy atom. The van der Waals surface area contributed by atoms with Crippen LogP contribution in [0.15, 0.2) is 0 Å². The van der Waals surface area contributed by atoms with Gasteiger partial charge in [0, 0.05) is 18.1 Å². The van der Waals surface area contributed by atoms with Gasteiger partial charge in [0.05, 0.1) is 0 Å². The Hall–Kier alpha value is 0.210. The van der Waals surface area contributed by atoms with Crippen LogP contribution in [0.2, 0.25) is 0 Å². The maximum Gasteiger partial charge on any atom is 0.0496 e. The summed E-state index contributed by atoms with van der Waals surface area (Å²) in [5, 5.41) is 8.68. The van der Waals surface area contributed by atoms with E-state index in [1.807, 2.05) is 20.8 Å². The molecule has 0 spiro atoms. The third-order valence-electron chi connectivity index (χ3n) is 1.64. The lowest BCUT2D eigenvalue weighted by Gasteiger charge is -2.25. The van der Waals surface area contributed by atoms with Crippen LogP contribution in [0.4, 0.5) is 0 Å². The molecule has 0 saturated heterocycles. The van der Waals surface area contributed by atoms with Crippen molar-refractivity contribution in [3.63, 3.8) is 0 Å². The topological polar surface area (TPSA) is 46.2 Å². The predicted molar refractivity (Wildman–Crippen MR) is 41.8 cm³/mol. The number of hydrogen-bond acceptors (Lipinski definition) is 2. The van der Waals surface area contributed by atoms with E-state index < -0.39 is 0 Å². The number of aliphatic hydroxyl groups is 1. The Morgan fingerprint density at radius 2 is 1.89 bits per heavy atom. The highest BCUT2D eigenvalue weighted by Crippen LogP contribution is 2.16. The fourth-order valence-corrected chi connectivity index (χ4v) is 0.144. The molecule has 0 radical (unpaired) electrons. The summed E-state index contributed by atoms with van der Waals surface area (Å²) in [6, 6.07) is 0.0625. The molecule has 0 aromatic carbocycles. The summed E-state index contributed by atoms with van der Waals surface area (Å²) in [4.78, 5) is 0. The second-order valence-electron chi connectivity index (χ2n) is 2.94. The third kappa shape index (κ3) is 3.73. The maximum atomic E-state index is 8.68. The minimum atomic E-state index is -0.125. The SMILES string of the molecule is CC(N)C(C)(C)CO.Cl. The van der Waals surface area contributed by atoms with Crippen molar-refractivity contribution in [2.45, 2.75) is 26.8 Å². The molecule has 0 aliphatic rings. The second-order valence-corrected chi connectivity index (χ2v) is 2.94. The van der Waals surface area contributed by atoms with Crippen molar-refractivity contribution in [1.82, 2.24) is 0 Å². The minimum absolute atomic E-state index is 0. The van der Waals surface area contributed by atoms with Crippen molar-refractivity contribution in [3.8, 4) is 0 Å². The summed E-state index contributed by atoms with van der Waals surface area (Å²) in [7, 11) is 0. The second kappa shape index (κ2) is 4.09. The fraction of sp³-hybridized carbons (Fsp3) is 1.00. The normalized spacial score (nSPS) is 14.3. The quantitative estimate of drug-likeness (QED) is 0.616. The predicted octanol–water partition coefficient (Wildman–Crippen LogP) is 0.774. The molecule has 9 heavy (non-hydrogen) atoms. The molecule has 0 aromatic heterocycles. The summed E-state index contributed by atoms with van der Waals surface area (Å²) in [6.07, 6.45) is 0. The molecule has 0 rings (SSSR count). The van der Waals surface area contributed by atoms with Crippen molar-refractivity contribution in [1.29, 1.82) is 0 Å². The van der Waals surface area contributed by atoms with Crippen LogP contribution in [-0.2, 0) is 0 Å². The lowest BCUT2D eigenvalue weighted by atomic mass is 9.87. The van der Waals surface area contributed by atoms with E-state index in [0.29, 0.717) is 0 Å². The van der Waals surface area contributed by atoms with E-state index in [-0.39, 0.29) is 30.5 Å². The Kier molecular flexibility index (Phi) is 5.43. The van der Waals surface area contributed by atoms with Gasteiger partial charge in [-0.05, 0) is 6.92 Å².